The first kappa shape index (κ1) is 17.0. The monoisotopic (exact) mass is 281 g/mol. The number of hydrogen-bond acceptors (Lipinski definition) is 4. The highest BCUT2D eigenvalue weighted by atomic mass is 16.5. The SMILES string of the molecule is CCNC(CC)c1ccccc1OCCOCCOC. The standard InChI is InChI=1S/C16H27NO3/c1-4-15(17-5-2)14-8-6-7-9-16(14)20-13-12-19-11-10-18-3/h6-9,15,17H,4-5,10-13H2,1-3H3. The quantitative estimate of drug-likeness (QED) is 0.633. The molecular formula is C16H27NO3. The van der Waals surface area contributed by atoms with E-state index in [4.69, 9.17) is 14.2 Å². The number of benzene rings is 1. The van der Waals surface area contributed by atoms with Gasteiger partial charge in [-0.15, -0.1) is 0 Å². The molecule has 0 spiro atoms. The van der Waals surface area contributed by atoms with Crippen molar-refractivity contribution in [3.8, 4) is 5.75 Å². The van der Waals surface area contributed by atoms with Gasteiger partial charge >= 0.3 is 0 Å². The van der Waals surface area contributed by atoms with E-state index in [0.29, 0.717) is 32.5 Å². The lowest BCUT2D eigenvalue weighted by Crippen LogP contribution is -2.21. The minimum Gasteiger partial charge on any atom is -0.491 e. The predicted octanol–water partition coefficient (Wildman–Crippen LogP) is 2.79. The Morgan fingerprint density at radius 3 is 2.50 bits per heavy atom. The van der Waals surface area contributed by atoms with Gasteiger partial charge in [0.05, 0.1) is 19.8 Å². The van der Waals surface area contributed by atoms with E-state index in [2.05, 4.69) is 31.3 Å². The van der Waals surface area contributed by atoms with Crippen LogP contribution in [0.3, 0.4) is 0 Å². The molecule has 1 aromatic rings. The van der Waals surface area contributed by atoms with E-state index in [-0.39, 0.29) is 0 Å². The van der Waals surface area contributed by atoms with E-state index in [1.165, 1.54) is 5.56 Å². The summed E-state index contributed by atoms with van der Waals surface area (Å²) in [6.45, 7) is 7.62. The van der Waals surface area contributed by atoms with Gasteiger partial charge in [-0.25, -0.2) is 0 Å². The zero-order valence-electron chi connectivity index (χ0n) is 12.9. The van der Waals surface area contributed by atoms with Crippen LogP contribution in [0.2, 0.25) is 0 Å². The van der Waals surface area contributed by atoms with Crippen LogP contribution in [0.1, 0.15) is 31.9 Å². The van der Waals surface area contributed by atoms with Gasteiger partial charge in [-0.2, -0.15) is 0 Å². The van der Waals surface area contributed by atoms with Crippen LogP contribution in [0.4, 0.5) is 0 Å². The molecule has 0 aromatic heterocycles. The van der Waals surface area contributed by atoms with Crippen molar-refractivity contribution < 1.29 is 14.2 Å². The lowest BCUT2D eigenvalue weighted by atomic mass is 10.0. The van der Waals surface area contributed by atoms with Crippen molar-refractivity contribution >= 4 is 0 Å². The van der Waals surface area contributed by atoms with E-state index in [9.17, 15) is 0 Å². The maximum Gasteiger partial charge on any atom is 0.124 e. The van der Waals surface area contributed by atoms with Gasteiger partial charge in [0.25, 0.3) is 0 Å². The molecule has 0 saturated carbocycles. The minimum atomic E-state index is 0.339. The summed E-state index contributed by atoms with van der Waals surface area (Å²) in [5.41, 5.74) is 1.22. The van der Waals surface area contributed by atoms with Crippen LogP contribution >= 0.6 is 0 Å². The summed E-state index contributed by atoms with van der Waals surface area (Å²) in [6, 6.07) is 8.54. The van der Waals surface area contributed by atoms with Crippen molar-refractivity contribution in [1.82, 2.24) is 5.32 Å². The molecule has 0 bridgehead atoms. The zero-order chi connectivity index (χ0) is 14.6. The normalized spacial score (nSPS) is 12.3. The summed E-state index contributed by atoms with van der Waals surface area (Å²) < 4.78 is 16.2. The maximum atomic E-state index is 5.84. The fourth-order valence-corrected chi connectivity index (χ4v) is 2.08. The lowest BCUT2D eigenvalue weighted by molar-refractivity contribution is 0.0542. The highest BCUT2D eigenvalue weighted by Gasteiger charge is 2.12. The Kier molecular flexibility index (Phi) is 9.04. The molecule has 0 aliphatic rings. The molecule has 0 aliphatic heterocycles. The van der Waals surface area contributed by atoms with E-state index in [0.717, 1.165) is 18.7 Å². The molecule has 0 saturated heterocycles. The fraction of sp³-hybridized carbons (Fsp3) is 0.625. The van der Waals surface area contributed by atoms with Gasteiger partial charge < -0.3 is 19.5 Å². The number of para-hydroxylation sites is 1. The summed E-state index contributed by atoms with van der Waals surface area (Å²) in [6.07, 6.45) is 1.04. The highest BCUT2D eigenvalue weighted by Crippen LogP contribution is 2.26. The van der Waals surface area contributed by atoms with Gasteiger partial charge in [0.2, 0.25) is 0 Å². The molecule has 1 aromatic carbocycles. The number of ether oxygens (including phenoxy) is 3. The molecule has 1 unspecified atom stereocenters. The van der Waals surface area contributed by atoms with Gasteiger partial charge in [-0.3, -0.25) is 0 Å². The first-order chi connectivity index (χ1) is 9.83. The third-order valence-corrected chi connectivity index (χ3v) is 3.07. The molecular weight excluding hydrogens is 254 g/mol. The topological polar surface area (TPSA) is 39.7 Å². The molecule has 0 radical (unpaired) electrons. The first-order valence-corrected chi connectivity index (χ1v) is 7.35. The molecule has 20 heavy (non-hydrogen) atoms. The first-order valence-electron chi connectivity index (χ1n) is 7.35. The Morgan fingerprint density at radius 2 is 1.80 bits per heavy atom. The van der Waals surface area contributed by atoms with Crippen molar-refractivity contribution in [3.63, 3.8) is 0 Å². The molecule has 0 amide bonds. The zero-order valence-corrected chi connectivity index (χ0v) is 12.9. The smallest absolute Gasteiger partial charge is 0.124 e. The Balaban J connectivity index is 2.48. The average molecular weight is 281 g/mol. The molecule has 1 N–H and O–H groups in total. The maximum absolute atomic E-state index is 5.84. The summed E-state index contributed by atoms with van der Waals surface area (Å²) in [5, 5.41) is 3.48. The van der Waals surface area contributed by atoms with Crippen molar-refractivity contribution in [2.75, 3.05) is 40.1 Å². The molecule has 1 rings (SSSR count). The largest absolute Gasteiger partial charge is 0.491 e. The second kappa shape index (κ2) is 10.7. The van der Waals surface area contributed by atoms with Crippen LogP contribution in [-0.2, 0) is 9.47 Å². The predicted molar refractivity (Wildman–Crippen MR) is 81.3 cm³/mol. The van der Waals surface area contributed by atoms with Crippen LogP contribution in [-0.4, -0.2) is 40.1 Å². The Labute approximate surface area is 122 Å². The molecule has 4 heteroatoms. The molecule has 0 aliphatic carbocycles. The van der Waals surface area contributed by atoms with E-state index in [1.54, 1.807) is 7.11 Å². The third-order valence-electron chi connectivity index (χ3n) is 3.07. The van der Waals surface area contributed by atoms with Crippen molar-refractivity contribution in [1.29, 1.82) is 0 Å². The van der Waals surface area contributed by atoms with Crippen molar-refractivity contribution in [2.24, 2.45) is 0 Å². The van der Waals surface area contributed by atoms with Gasteiger partial charge in [-0.05, 0) is 19.0 Å². The van der Waals surface area contributed by atoms with Gasteiger partial charge in [-0.1, -0.05) is 32.0 Å². The van der Waals surface area contributed by atoms with Crippen LogP contribution < -0.4 is 10.1 Å². The van der Waals surface area contributed by atoms with E-state index >= 15 is 0 Å². The van der Waals surface area contributed by atoms with Crippen LogP contribution in [0.25, 0.3) is 0 Å². The lowest BCUT2D eigenvalue weighted by Gasteiger charge is -2.20. The van der Waals surface area contributed by atoms with E-state index < -0.39 is 0 Å². The average Bonchev–Trinajstić information content (AvgIpc) is 2.49. The van der Waals surface area contributed by atoms with Crippen molar-refractivity contribution in [3.05, 3.63) is 29.8 Å². The van der Waals surface area contributed by atoms with Crippen LogP contribution in [0, 0.1) is 0 Å². The summed E-state index contributed by atoms with van der Waals surface area (Å²) in [4.78, 5) is 0. The minimum absolute atomic E-state index is 0.339. The second-order valence-electron chi connectivity index (χ2n) is 4.51. The second-order valence-corrected chi connectivity index (χ2v) is 4.51. The number of nitrogens with one attached hydrogen (secondary N) is 1. The highest BCUT2D eigenvalue weighted by molar-refractivity contribution is 5.35. The molecule has 0 heterocycles. The number of methoxy groups -OCH3 is 1. The van der Waals surface area contributed by atoms with Crippen molar-refractivity contribution in [2.45, 2.75) is 26.3 Å². The van der Waals surface area contributed by atoms with Gasteiger partial charge in [0, 0.05) is 18.7 Å². The van der Waals surface area contributed by atoms with Crippen LogP contribution in [0.5, 0.6) is 5.75 Å². The summed E-state index contributed by atoms with van der Waals surface area (Å²) in [7, 11) is 1.67. The van der Waals surface area contributed by atoms with Crippen LogP contribution in [0.15, 0.2) is 24.3 Å². The Bertz CT molecular complexity index is 357. The Morgan fingerprint density at radius 1 is 1.05 bits per heavy atom. The molecule has 114 valence electrons. The number of rotatable bonds is 11. The van der Waals surface area contributed by atoms with Gasteiger partial charge in [0.15, 0.2) is 0 Å². The molecule has 0 fully saturated rings. The summed E-state index contributed by atoms with van der Waals surface area (Å²) >= 11 is 0. The number of hydrogen-bond donors (Lipinski definition) is 1. The third kappa shape index (κ3) is 5.90. The molecule has 4 nitrogen and oxygen atoms in total. The molecule has 1 atom stereocenters. The van der Waals surface area contributed by atoms with Gasteiger partial charge in [0.1, 0.15) is 12.4 Å². The summed E-state index contributed by atoms with van der Waals surface area (Å²) in [5.74, 6) is 0.940. The Hall–Kier alpha value is -1.10. The van der Waals surface area contributed by atoms with E-state index in [1.807, 2.05) is 12.1 Å². The fourth-order valence-electron chi connectivity index (χ4n) is 2.08.